The first-order chi connectivity index (χ1) is 21.8. The van der Waals surface area contributed by atoms with Gasteiger partial charge in [0.1, 0.15) is 6.54 Å². The summed E-state index contributed by atoms with van der Waals surface area (Å²) in [6.07, 6.45) is 47.1. The number of likely N-dealkylation sites (N-methyl/N-ethyl adjacent to an activating group) is 1. The first-order valence-corrected chi connectivity index (χ1v) is 20.2. The summed E-state index contributed by atoms with van der Waals surface area (Å²) in [6.45, 7) is 9.24. The van der Waals surface area contributed by atoms with Crippen LogP contribution in [0.1, 0.15) is 201 Å². The molecule has 3 nitrogen and oxygen atoms in total. The van der Waals surface area contributed by atoms with Crippen molar-refractivity contribution in [3.05, 3.63) is 24.3 Å². The van der Waals surface area contributed by atoms with Gasteiger partial charge in [0.05, 0.1) is 34.4 Å². The van der Waals surface area contributed by atoms with Crippen molar-refractivity contribution in [2.45, 2.75) is 206 Å². The second kappa shape index (κ2) is 33.3. The maximum atomic E-state index is 6.40. The second-order valence-electron chi connectivity index (χ2n) is 15.2. The zero-order valence-electron chi connectivity index (χ0n) is 32.0. The number of unbranched alkanes of at least 4 members (excludes halogenated alkanes) is 24. The fourth-order valence-corrected chi connectivity index (χ4v) is 6.27. The van der Waals surface area contributed by atoms with Gasteiger partial charge in [-0.3, -0.25) is 0 Å². The molecular weight excluding hydrogens is 550 g/mol. The predicted octanol–water partition coefficient (Wildman–Crippen LogP) is 13.5. The lowest BCUT2D eigenvalue weighted by Crippen LogP contribution is -2.51. The van der Waals surface area contributed by atoms with Crippen molar-refractivity contribution in [2.24, 2.45) is 0 Å². The highest BCUT2D eigenvalue weighted by molar-refractivity contribution is 4.82. The molecule has 0 radical (unpaired) electrons. The average Bonchev–Trinajstić information content (AvgIpc) is 2.99. The van der Waals surface area contributed by atoms with Gasteiger partial charge in [0.25, 0.3) is 0 Å². The largest absolute Gasteiger partial charge is 0.345 e. The Hall–Kier alpha value is -0.640. The number of hydrogen-bond donors (Lipinski definition) is 0. The van der Waals surface area contributed by atoms with E-state index in [4.69, 9.17) is 9.47 Å². The number of nitrogens with zero attached hydrogens (tertiary/aromatic N) is 1. The summed E-state index contributed by atoms with van der Waals surface area (Å²) >= 11 is 0. The van der Waals surface area contributed by atoms with Gasteiger partial charge in [0.15, 0.2) is 0 Å². The molecule has 0 spiro atoms. The molecule has 0 aliphatic carbocycles. The van der Waals surface area contributed by atoms with Crippen LogP contribution in [0.15, 0.2) is 24.3 Å². The Bertz CT molecular complexity index is 591. The van der Waals surface area contributed by atoms with E-state index in [9.17, 15) is 0 Å². The SMILES string of the molecule is CCCCCCCCC=CCCCCCCCCOC(C)(C[N+](C)(C)C)OCCCCCCCCC=CCCCCCCCC. The zero-order valence-corrected chi connectivity index (χ0v) is 32.0. The summed E-state index contributed by atoms with van der Waals surface area (Å²) in [7, 11) is 6.70. The minimum atomic E-state index is -0.484. The molecule has 3 heteroatoms. The molecule has 0 aromatic rings. The highest BCUT2D eigenvalue weighted by Crippen LogP contribution is 2.19. The van der Waals surface area contributed by atoms with E-state index in [1.54, 1.807) is 0 Å². The van der Waals surface area contributed by atoms with E-state index < -0.39 is 5.79 Å². The molecule has 0 fully saturated rings. The molecule has 0 aromatic heterocycles. The highest BCUT2D eigenvalue weighted by Gasteiger charge is 2.32. The fourth-order valence-electron chi connectivity index (χ4n) is 6.27. The average molecular weight is 635 g/mol. The van der Waals surface area contributed by atoms with Gasteiger partial charge in [-0.1, -0.05) is 154 Å². The monoisotopic (exact) mass is 635 g/mol. The summed E-state index contributed by atoms with van der Waals surface area (Å²) < 4.78 is 13.7. The zero-order chi connectivity index (χ0) is 33.2. The molecule has 0 saturated carbocycles. The number of rotatable bonds is 36. The Kier molecular flexibility index (Phi) is 32.8. The van der Waals surface area contributed by atoms with Gasteiger partial charge < -0.3 is 14.0 Å². The Labute approximate surface area is 285 Å². The molecular formula is C42H84NO2+. The van der Waals surface area contributed by atoms with Gasteiger partial charge in [-0.25, -0.2) is 0 Å². The van der Waals surface area contributed by atoms with E-state index in [0.717, 1.165) is 37.1 Å². The summed E-state index contributed by atoms with van der Waals surface area (Å²) in [5, 5.41) is 0. The number of quaternary nitrogens is 1. The summed E-state index contributed by atoms with van der Waals surface area (Å²) in [5.74, 6) is -0.484. The molecule has 45 heavy (non-hydrogen) atoms. The van der Waals surface area contributed by atoms with Gasteiger partial charge in [0, 0.05) is 0 Å². The van der Waals surface area contributed by atoms with Crippen molar-refractivity contribution in [3.8, 4) is 0 Å². The topological polar surface area (TPSA) is 18.5 Å². The van der Waals surface area contributed by atoms with Crippen molar-refractivity contribution < 1.29 is 14.0 Å². The van der Waals surface area contributed by atoms with Crippen LogP contribution in [0.3, 0.4) is 0 Å². The van der Waals surface area contributed by atoms with E-state index in [-0.39, 0.29) is 0 Å². The quantitative estimate of drug-likeness (QED) is 0.0295. The summed E-state index contributed by atoms with van der Waals surface area (Å²) in [5.41, 5.74) is 0. The Morgan fingerprint density at radius 1 is 0.400 bits per heavy atom. The standard InChI is InChI=1S/C42H84NO2/c1-7-9-11-13-15-17-19-21-23-25-27-29-31-33-35-37-39-44-42(3,41-43(4,5)6)45-40-38-36-34-32-30-28-26-24-22-20-18-16-14-12-10-8-2/h21-24H,7-20,25-41H2,1-6H3/q+1. The Morgan fingerprint density at radius 2 is 0.667 bits per heavy atom. The second-order valence-corrected chi connectivity index (χ2v) is 15.2. The lowest BCUT2D eigenvalue weighted by atomic mass is 10.1. The van der Waals surface area contributed by atoms with Crippen LogP contribution in [0.5, 0.6) is 0 Å². The third-order valence-electron chi connectivity index (χ3n) is 8.89. The molecule has 0 saturated heterocycles. The molecule has 0 aromatic carbocycles. The van der Waals surface area contributed by atoms with Crippen molar-refractivity contribution in [1.82, 2.24) is 0 Å². The van der Waals surface area contributed by atoms with Crippen LogP contribution >= 0.6 is 0 Å². The lowest BCUT2D eigenvalue weighted by Gasteiger charge is -2.36. The minimum Gasteiger partial charge on any atom is -0.345 e. The molecule has 0 bridgehead atoms. The van der Waals surface area contributed by atoms with Crippen LogP contribution in [-0.2, 0) is 9.47 Å². The molecule has 268 valence electrons. The number of allylic oxidation sites excluding steroid dienone is 4. The van der Waals surface area contributed by atoms with Crippen LogP contribution in [0.25, 0.3) is 0 Å². The molecule has 0 amide bonds. The van der Waals surface area contributed by atoms with Crippen LogP contribution in [0.4, 0.5) is 0 Å². The molecule has 0 unspecified atom stereocenters. The van der Waals surface area contributed by atoms with Crippen LogP contribution < -0.4 is 0 Å². The maximum Gasteiger partial charge on any atom is 0.215 e. The number of ether oxygens (including phenoxy) is 2. The molecule has 0 aliphatic rings. The Morgan fingerprint density at radius 3 is 0.956 bits per heavy atom. The molecule has 0 N–H and O–H groups in total. The van der Waals surface area contributed by atoms with Crippen LogP contribution in [0.2, 0.25) is 0 Å². The molecule has 0 heterocycles. The summed E-state index contributed by atoms with van der Waals surface area (Å²) in [6, 6.07) is 0. The third-order valence-corrected chi connectivity index (χ3v) is 8.89. The van der Waals surface area contributed by atoms with Gasteiger partial charge in [-0.15, -0.1) is 0 Å². The smallest absolute Gasteiger partial charge is 0.215 e. The van der Waals surface area contributed by atoms with Gasteiger partial charge in [-0.05, 0) is 71.1 Å². The van der Waals surface area contributed by atoms with Crippen LogP contribution in [-0.4, -0.2) is 51.2 Å². The predicted molar refractivity (Wildman–Crippen MR) is 202 cm³/mol. The molecule has 0 rings (SSSR count). The van der Waals surface area contributed by atoms with Gasteiger partial charge in [0.2, 0.25) is 5.79 Å². The van der Waals surface area contributed by atoms with Crippen molar-refractivity contribution in [3.63, 3.8) is 0 Å². The Balaban J connectivity index is 3.78. The first-order valence-electron chi connectivity index (χ1n) is 20.2. The first kappa shape index (κ1) is 44.4. The lowest BCUT2D eigenvalue weighted by molar-refractivity contribution is -0.881. The minimum absolute atomic E-state index is 0.484. The van der Waals surface area contributed by atoms with Crippen molar-refractivity contribution in [2.75, 3.05) is 40.9 Å². The van der Waals surface area contributed by atoms with Crippen molar-refractivity contribution >= 4 is 0 Å². The van der Waals surface area contributed by atoms with Gasteiger partial charge >= 0.3 is 0 Å². The summed E-state index contributed by atoms with van der Waals surface area (Å²) in [4.78, 5) is 0. The molecule has 0 aliphatic heterocycles. The third kappa shape index (κ3) is 36.0. The maximum absolute atomic E-state index is 6.40. The number of hydrogen-bond acceptors (Lipinski definition) is 2. The van der Waals surface area contributed by atoms with Gasteiger partial charge in [-0.2, -0.15) is 0 Å². The van der Waals surface area contributed by atoms with Crippen LogP contribution in [0, 0.1) is 0 Å². The molecule has 0 atom stereocenters. The van der Waals surface area contributed by atoms with E-state index >= 15 is 0 Å². The van der Waals surface area contributed by atoms with E-state index in [2.05, 4.69) is 66.2 Å². The van der Waals surface area contributed by atoms with E-state index in [0.29, 0.717) is 0 Å². The van der Waals surface area contributed by atoms with E-state index in [1.807, 2.05) is 0 Å². The highest BCUT2D eigenvalue weighted by atomic mass is 16.7. The van der Waals surface area contributed by atoms with Crippen molar-refractivity contribution in [1.29, 1.82) is 0 Å². The normalized spacial score (nSPS) is 13.8. The fraction of sp³-hybridized carbons (Fsp3) is 0.905. The van der Waals surface area contributed by atoms with E-state index in [1.165, 1.54) is 167 Å².